The Morgan fingerprint density at radius 3 is 1.13 bits per heavy atom. The van der Waals surface area contributed by atoms with E-state index >= 15 is 0 Å². The number of hydrogen-bond acceptors (Lipinski definition) is 0. The van der Waals surface area contributed by atoms with Gasteiger partial charge < -0.3 is 0 Å². The van der Waals surface area contributed by atoms with Gasteiger partial charge in [-0.05, 0) is 48.0 Å². The average molecular weight is 418 g/mol. The third kappa shape index (κ3) is 5.16. The van der Waals surface area contributed by atoms with Crippen LogP contribution in [0.25, 0.3) is 0 Å². The SMILES string of the molecule is ClC#CC#CC#CC#CC#C[P+](c1ccccc1)(c1ccccc1)c1ccccc1. The second-order valence-corrected chi connectivity index (χ2v) is 9.19. The maximum atomic E-state index is 5.22. The molecule has 0 bridgehead atoms. The van der Waals surface area contributed by atoms with Crippen LogP contribution in [0.5, 0.6) is 0 Å². The van der Waals surface area contributed by atoms with Gasteiger partial charge in [0.2, 0.25) is 0 Å². The van der Waals surface area contributed by atoms with Crippen LogP contribution in [0.3, 0.4) is 0 Å². The fourth-order valence-corrected chi connectivity index (χ4v) is 6.33. The Morgan fingerprint density at radius 2 is 0.767 bits per heavy atom. The van der Waals surface area contributed by atoms with Crippen molar-refractivity contribution in [3.05, 3.63) is 91.0 Å². The van der Waals surface area contributed by atoms with Gasteiger partial charge in [-0.2, -0.15) is 0 Å². The van der Waals surface area contributed by atoms with Gasteiger partial charge in [0, 0.05) is 52.7 Å². The smallest absolute Gasteiger partial charge is 0.0620 e. The molecule has 3 rings (SSSR count). The largest absolute Gasteiger partial charge is 0.190 e. The van der Waals surface area contributed by atoms with Crippen LogP contribution >= 0.6 is 18.9 Å². The molecule has 30 heavy (non-hydrogen) atoms. The number of rotatable bonds is 3. The Hall–Kier alpha value is -3.82. The highest BCUT2D eigenvalue weighted by molar-refractivity contribution is 7.99. The van der Waals surface area contributed by atoms with Gasteiger partial charge in [-0.25, -0.2) is 0 Å². The minimum absolute atomic E-state index is 1.19. The second-order valence-electron chi connectivity index (χ2n) is 5.88. The van der Waals surface area contributed by atoms with Gasteiger partial charge in [-0.3, -0.25) is 0 Å². The van der Waals surface area contributed by atoms with E-state index < -0.39 is 7.26 Å². The summed E-state index contributed by atoms with van der Waals surface area (Å²) in [5, 5.41) is 5.73. The molecule has 0 saturated carbocycles. The molecule has 0 aliphatic heterocycles. The van der Waals surface area contributed by atoms with Gasteiger partial charge in [-0.15, -0.1) is 0 Å². The summed E-state index contributed by atoms with van der Waals surface area (Å²) in [6.45, 7) is 0. The second kappa shape index (κ2) is 11.2. The lowest BCUT2D eigenvalue weighted by atomic mass is 10.4. The first-order chi connectivity index (χ1) is 14.9. The van der Waals surface area contributed by atoms with Crippen molar-refractivity contribution in [1.29, 1.82) is 0 Å². The molecule has 0 spiro atoms. The lowest BCUT2D eigenvalue weighted by Crippen LogP contribution is -2.29. The minimum Gasteiger partial charge on any atom is -0.0620 e. The summed E-state index contributed by atoms with van der Waals surface area (Å²) in [7, 11) is -2.20. The summed E-state index contributed by atoms with van der Waals surface area (Å²) in [6, 6.07) is 31.2. The van der Waals surface area contributed by atoms with Crippen molar-refractivity contribution in [2.75, 3.05) is 0 Å². The Kier molecular flexibility index (Phi) is 7.84. The molecule has 0 amide bonds. The summed E-state index contributed by atoms with van der Waals surface area (Å²) < 4.78 is 0. The lowest BCUT2D eigenvalue weighted by Gasteiger charge is -2.20. The van der Waals surface area contributed by atoms with Crippen LogP contribution < -0.4 is 15.9 Å². The van der Waals surface area contributed by atoms with E-state index in [1.807, 2.05) is 18.2 Å². The van der Waals surface area contributed by atoms with Crippen molar-refractivity contribution in [2.24, 2.45) is 0 Å². The summed E-state index contributed by atoms with van der Waals surface area (Å²) in [5.41, 5.74) is 3.54. The number of halogens is 1. The van der Waals surface area contributed by atoms with E-state index in [1.165, 1.54) is 15.9 Å². The van der Waals surface area contributed by atoms with Crippen LogP contribution in [-0.2, 0) is 0 Å². The topological polar surface area (TPSA) is 0 Å². The van der Waals surface area contributed by atoms with Crippen LogP contribution in [0.4, 0.5) is 0 Å². The minimum atomic E-state index is -2.20. The summed E-state index contributed by atoms with van der Waals surface area (Å²) in [5.74, 6) is 21.4. The van der Waals surface area contributed by atoms with Crippen LogP contribution in [0.15, 0.2) is 91.0 Å². The molecule has 0 heterocycles. The molecule has 0 N–H and O–H groups in total. The van der Waals surface area contributed by atoms with E-state index in [0.717, 1.165) is 0 Å². The van der Waals surface area contributed by atoms with Crippen LogP contribution in [0, 0.1) is 58.4 Å². The fraction of sp³-hybridized carbons (Fsp3) is 0. The molecule has 138 valence electrons. The lowest BCUT2D eigenvalue weighted by molar-refractivity contribution is 1.73. The molecular formula is C28H15ClP+. The first-order valence-corrected chi connectivity index (χ1v) is 11.2. The molecule has 0 aliphatic carbocycles. The van der Waals surface area contributed by atoms with Crippen molar-refractivity contribution < 1.29 is 0 Å². The first-order valence-electron chi connectivity index (χ1n) is 9.07. The zero-order valence-corrected chi connectivity index (χ0v) is 17.6. The van der Waals surface area contributed by atoms with Gasteiger partial charge in [-0.1, -0.05) is 54.6 Å². The van der Waals surface area contributed by atoms with Gasteiger partial charge in [0.25, 0.3) is 0 Å². The van der Waals surface area contributed by atoms with E-state index in [4.69, 9.17) is 11.6 Å². The molecule has 0 aliphatic rings. The molecule has 0 radical (unpaired) electrons. The van der Waals surface area contributed by atoms with Crippen molar-refractivity contribution in [1.82, 2.24) is 0 Å². The molecule has 0 fully saturated rings. The van der Waals surface area contributed by atoms with Crippen LogP contribution in [0.2, 0.25) is 0 Å². The number of benzene rings is 3. The fourth-order valence-electron chi connectivity index (χ4n) is 2.92. The third-order valence-electron chi connectivity index (χ3n) is 4.14. The standard InChI is InChI=1S/C28H15ClP/c29-24-16-5-3-1-2-4-6-17-25-30(26-18-10-7-11-19-26,27-20-12-8-13-21-27)28-22-14-9-15-23-28/h7-15,18-23H/q+1. The molecular weight excluding hydrogens is 403 g/mol. The van der Waals surface area contributed by atoms with Gasteiger partial charge >= 0.3 is 0 Å². The molecule has 0 unspecified atom stereocenters. The highest BCUT2D eigenvalue weighted by Crippen LogP contribution is 2.54. The summed E-state index contributed by atoms with van der Waals surface area (Å²) in [6.07, 6.45) is 0. The summed E-state index contributed by atoms with van der Waals surface area (Å²) >= 11 is 5.22. The molecule has 0 saturated heterocycles. The Morgan fingerprint density at radius 1 is 0.433 bits per heavy atom. The third-order valence-corrected chi connectivity index (χ3v) is 7.90. The quantitative estimate of drug-likeness (QED) is 0.443. The van der Waals surface area contributed by atoms with Crippen molar-refractivity contribution in [3.63, 3.8) is 0 Å². The van der Waals surface area contributed by atoms with Gasteiger partial charge in [0.05, 0.1) is 0 Å². The normalized spacial score (nSPS) is 8.83. The predicted molar refractivity (Wildman–Crippen MR) is 130 cm³/mol. The zero-order valence-electron chi connectivity index (χ0n) is 16.0. The molecule has 3 aromatic rings. The van der Waals surface area contributed by atoms with E-state index in [1.54, 1.807) is 0 Å². The monoisotopic (exact) mass is 417 g/mol. The van der Waals surface area contributed by atoms with E-state index in [-0.39, 0.29) is 0 Å². The highest BCUT2D eigenvalue weighted by Gasteiger charge is 2.44. The summed E-state index contributed by atoms with van der Waals surface area (Å²) in [4.78, 5) is 0. The Balaban J connectivity index is 2.14. The van der Waals surface area contributed by atoms with Crippen molar-refractivity contribution >= 4 is 34.8 Å². The van der Waals surface area contributed by atoms with E-state index in [2.05, 4.69) is 131 Å². The maximum Gasteiger partial charge on any atom is 0.190 e. The molecule has 0 aromatic heterocycles. The van der Waals surface area contributed by atoms with E-state index in [9.17, 15) is 0 Å². The van der Waals surface area contributed by atoms with E-state index in [0.29, 0.717) is 0 Å². The predicted octanol–water partition coefficient (Wildman–Crippen LogP) is 4.15. The molecule has 3 aromatic carbocycles. The average Bonchev–Trinajstić information content (AvgIpc) is 2.82. The molecule has 0 atom stereocenters. The number of hydrogen-bond donors (Lipinski definition) is 0. The molecule has 0 nitrogen and oxygen atoms in total. The van der Waals surface area contributed by atoms with Gasteiger partial charge in [0.1, 0.15) is 21.6 Å². The maximum absolute atomic E-state index is 5.22. The zero-order chi connectivity index (χ0) is 20.9. The Labute approximate surface area is 184 Å². The van der Waals surface area contributed by atoms with Crippen molar-refractivity contribution in [3.8, 4) is 58.4 Å². The van der Waals surface area contributed by atoms with Gasteiger partial charge in [0.15, 0.2) is 7.26 Å². The van der Waals surface area contributed by atoms with Crippen LogP contribution in [0.1, 0.15) is 0 Å². The first kappa shape index (κ1) is 20.9. The highest BCUT2D eigenvalue weighted by atomic mass is 35.5. The Bertz CT molecular complexity index is 1200. The molecule has 2 heteroatoms. The van der Waals surface area contributed by atoms with Crippen molar-refractivity contribution in [2.45, 2.75) is 0 Å². The van der Waals surface area contributed by atoms with Crippen LogP contribution in [-0.4, -0.2) is 0 Å².